The molecule has 2 aromatic rings. The second kappa shape index (κ2) is 6.30. The Balaban J connectivity index is 1.53. The SMILES string of the molecule is Cc1cc(C(C)N2Cc3c(ccnc3Cl)C2=O)ncc1OCC1CC1. The van der Waals surface area contributed by atoms with Crippen molar-refractivity contribution in [3.8, 4) is 5.75 Å². The highest BCUT2D eigenvalue weighted by Gasteiger charge is 2.33. The number of amides is 1. The molecule has 0 N–H and O–H groups in total. The largest absolute Gasteiger partial charge is 0.491 e. The molecule has 3 heterocycles. The van der Waals surface area contributed by atoms with Crippen LogP contribution >= 0.6 is 11.6 Å². The molecule has 0 radical (unpaired) electrons. The predicted molar refractivity (Wildman–Crippen MR) is 94.7 cm³/mol. The minimum absolute atomic E-state index is 0.0275. The van der Waals surface area contributed by atoms with Crippen molar-refractivity contribution in [2.24, 2.45) is 5.92 Å². The zero-order valence-corrected chi connectivity index (χ0v) is 15.1. The Hall–Kier alpha value is -2.14. The third kappa shape index (κ3) is 3.09. The Kier molecular flexibility index (Phi) is 4.12. The second-order valence-corrected chi connectivity index (χ2v) is 7.22. The van der Waals surface area contributed by atoms with Crippen molar-refractivity contribution in [2.45, 2.75) is 39.3 Å². The molecule has 4 rings (SSSR count). The fourth-order valence-electron chi connectivity index (χ4n) is 3.12. The van der Waals surface area contributed by atoms with E-state index in [-0.39, 0.29) is 11.9 Å². The topological polar surface area (TPSA) is 55.3 Å². The number of rotatable bonds is 5. The number of fused-ring (bicyclic) bond motifs is 1. The number of halogens is 1. The van der Waals surface area contributed by atoms with Crippen LogP contribution < -0.4 is 4.74 Å². The molecule has 1 unspecified atom stereocenters. The van der Waals surface area contributed by atoms with E-state index in [1.165, 1.54) is 12.8 Å². The van der Waals surface area contributed by atoms with Crippen molar-refractivity contribution in [3.63, 3.8) is 0 Å². The maximum absolute atomic E-state index is 12.7. The fourth-order valence-corrected chi connectivity index (χ4v) is 3.34. The third-order valence-electron chi connectivity index (χ3n) is 4.97. The van der Waals surface area contributed by atoms with Crippen LogP contribution in [0.3, 0.4) is 0 Å². The molecule has 25 heavy (non-hydrogen) atoms. The standard InChI is InChI=1S/C19H20ClN3O2/c1-11-7-16(22-8-17(11)25-10-13-3-4-13)12(2)23-9-15-14(19(23)24)5-6-21-18(15)20/h5-8,12-13H,3-4,9-10H2,1-2H3. The van der Waals surface area contributed by atoms with E-state index in [0.29, 0.717) is 23.2 Å². The summed E-state index contributed by atoms with van der Waals surface area (Å²) >= 11 is 6.14. The number of pyridine rings is 2. The molecule has 2 aromatic heterocycles. The first-order valence-corrected chi connectivity index (χ1v) is 8.96. The average molecular weight is 358 g/mol. The molecule has 0 spiro atoms. The summed E-state index contributed by atoms with van der Waals surface area (Å²) in [5.74, 6) is 1.50. The van der Waals surface area contributed by atoms with Crippen LogP contribution in [0.2, 0.25) is 5.15 Å². The molecule has 1 saturated carbocycles. The van der Waals surface area contributed by atoms with E-state index in [1.807, 2.05) is 19.9 Å². The lowest BCUT2D eigenvalue weighted by Gasteiger charge is -2.24. The van der Waals surface area contributed by atoms with Crippen molar-refractivity contribution in [1.82, 2.24) is 14.9 Å². The van der Waals surface area contributed by atoms with Gasteiger partial charge >= 0.3 is 0 Å². The first-order valence-electron chi connectivity index (χ1n) is 8.58. The van der Waals surface area contributed by atoms with E-state index < -0.39 is 0 Å². The van der Waals surface area contributed by atoms with E-state index in [0.717, 1.165) is 29.2 Å². The lowest BCUT2D eigenvalue weighted by Crippen LogP contribution is -2.28. The molecule has 0 bridgehead atoms. The van der Waals surface area contributed by atoms with Crippen molar-refractivity contribution in [3.05, 3.63) is 52.1 Å². The summed E-state index contributed by atoms with van der Waals surface area (Å²) in [7, 11) is 0. The zero-order valence-electron chi connectivity index (χ0n) is 14.3. The molecule has 0 saturated heterocycles. The van der Waals surface area contributed by atoms with Gasteiger partial charge in [0.05, 0.1) is 31.1 Å². The number of aromatic nitrogens is 2. The minimum Gasteiger partial charge on any atom is -0.491 e. The van der Waals surface area contributed by atoms with Crippen molar-refractivity contribution in [2.75, 3.05) is 6.61 Å². The molecular weight excluding hydrogens is 338 g/mol. The summed E-state index contributed by atoms with van der Waals surface area (Å²) in [6.45, 7) is 5.23. The molecule has 1 fully saturated rings. The average Bonchev–Trinajstić information content (AvgIpc) is 3.37. The van der Waals surface area contributed by atoms with Gasteiger partial charge in [-0.25, -0.2) is 4.98 Å². The van der Waals surface area contributed by atoms with Gasteiger partial charge in [0.2, 0.25) is 0 Å². The second-order valence-electron chi connectivity index (χ2n) is 6.87. The van der Waals surface area contributed by atoms with Crippen LogP contribution in [-0.4, -0.2) is 27.4 Å². The van der Waals surface area contributed by atoms with Gasteiger partial charge in [-0.05, 0) is 50.3 Å². The van der Waals surface area contributed by atoms with Crippen molar-refractivity contribution < 1.29 is 9.53 Å². The van der Waals surface area contributed by atoms with Crippen LogP contribution in [0.4, 0.5) is 0 Å². The number of hydrogen-bond donors (Lipinski definition) is 0. The first kappa shape index (κ1) is 16.3. The summed E-state index contributed by atoms with van der Waals surface area (Å²) in [5.41, 5.74) is 3.32. The Labute approximate surface area is 152 Å². The van der Waals surface area contributed by atoms with Gasteiger partial charge in [0.1, 0.15) is 10.9 Å². The Morgan fingerprint density at radius 3 is 2.88 bits per heavy atom. The number of nitrogens with zero attached hydrogens (tertiary/aromatic N) is 3. The van der Waals surface area contributed by atoms with Gasteiger partial charge in [-0.15, -0.1) is 0 Å². The molecule has 130 valence electrons. The maximum atomic E-state index is 12.7. The van der Waals surface area contributed by atoms with Gasteiger partial charge in [0.25, 0.3) is 5.91 Å². The van der Waals surface area contributed by atoms with Crippen molar-refractivity contribution in [1.29, 1.82) is 0 Å². The summed E-state index contributed by atoms with van der Waals surface area (Å²) < 4.78 is 5.84. The summed E-state index contributed by atoms with van der Waals surface area (Å²) in [6.07, 6.45) is 5.86. The lowest BCUT2D eigenvalue weighted by molar-refractivity contribution is 0.0712. The Morgan fingerprint density at radius 2 is 2.20 bits per heavy atom. The molecule has 6 heteroatoms. The maximum Gasteiger partial charge on any atom is 0.255 e. The van der Waals surface area contributed by atoms with E-state index >= 15 is 0 Å². The highest BCUT2D eigenvalue weighted by Crippen LogP contribution is 2.34. The molecule has 1 aliphatic carbocycles. The van der Waals surface area contributed by atoms with E-state index in [2.05, 4.69) is 9.97 Å². The Bertz CT molecular complexity index is 835. The molecule has 5 nitrogen and oxygen atoms in total. The van der Waals surface area contributed by atoms with Gasteiger partial charge in [-0.3, -0.25) is 9.78 Å². The predicted octanol–water partition coefficient (Wildman–Crippen LogP) is 3.94. The fraction of sp³-hybridized carbons (Fsp3) is 0.421. The summed E-state index contributed by atoms with van der Waals surface area (Å²) in [6, 6.07) is 3.58. The monoisotopic (exact) mass is 357 g/mol. The highest BCUT2D eigenvalue weighted by molar-refractivity contribution is 6.30. The van der Waals surface area contributed by atoms with Crippen LogP contribution in [0.1, 0.15) is 53.0 Å². The number of hydrogen-bond acceptors (Lipinski definition) is 4. The molecule has 1 amide bonds. The number of ether oxygens (including phenoxy) is 1. The number of carbonyl (C=O) groups is 1. The molecule has 0 aromatic carbocycles. The third-order valence-corrected chi connectivity index (χ3v) is 5.30. The van der Waals surface area contributed by atoms with Crippen LogP contribution in [0.5, 0.6) is 5.75 Å². The van der Waals surface area contributed by atoms with Gasteiger partial charge in [-0.2, -0.15) is 0 Å². The normalized spacial score (nSPS) is 17.6. The van der Waals surface area contributed by atoms with E-state index in [9.17, 15) is 4.79 Å². The smallest absolute Gasteiger partial charge is 0.255 e. The summed E-state index contributed by atoms with van der Waals surface area (Å²) in [4.78, 5) is 23.1. The molecule has 1 aliphatic heterocycles. The molecule has 2 aliphatic rings. The van der Waals surface area contributed by atoms with E-state index in [4.69, 9.17) is 16.3 Å². The van der Waals surface area contributed by atoms with E-state index in [1.54, 1.807) is 23.4 Å². The van der Waals surface area contributed by atoms with Crippen molar-refractivity contribution >= 4 is 17.5 Å². The van der Waals surface area contributed by atoms with Crippen LogP contribution in [-0.2, 0) is 6.54 Å². The lowest BCUT2D eigenvalue weighted by atomic mass is 10.1. The van der Waals surface area contributed by atoms with Gasteiger partial charge in [-0.1, -0.05) is 11.6 Å². The minimum atomic E-state index is -0.146. The van der Waals surface area contributed by atoms with Gasteiger partial charge < -0.3 is 9.64 Å². The van der Waals surface area contributed by atoms with Crippen LogP contribution in [0.25, 0.3) is 0 Å². The van der Waals surface area contributed by atoms with Crippen LogP contribution in [0, 0.1) is 12.8 Å². The Morgan fingerprint density at radius 1 is 1.40 bits per heavy atom. The zero-order chi connectivity index (χ0) is 17.6. The molecule has 1 atom stereocenters. The highest BCUT2D eigenvalue weighted by atomic mass is 35.5. The summed E-state index contributed by atoms with van der Waals surface area (Å²) in [5, 5.41) is 0.397. The number of aryl methyl sites for hydroxylation is 1. The first-order chi connectivity index (χ1) is 12.0. The van der Waals surface area contributed by atoms with Gasteiger partial charge in [0, 0.05) is 17.3 Å². The quantitative estimate of drug-likeness (QED) is 0.760. The number of carbonyl (C=O) groups excluding carboxylic acids is 1. The van der Waals surface area contributed by atoms with Crippen LogP contribution in [0.15, 0.2) is 24.5 Å². The van der Waals surface area contributed by atoms with Gasteiger partial charge in [0.15, 0.2) is 0 Å². The molecular formula is C19H20ClN3O2.